The van der Waals surface area contributed by atoms with E-state index in [-0.39, 0.29) is 17.6 Å². The number of benzene rings is 1. The molecule has 0 bridgehead atoms. The fourth-order valence-corrected chi connectivity index (χ4v) is 3.32. The summed E-state index contributed by atoms with van der Waals surface area (Å²) in [7, 11) is 0. The molecule has 1 aromatic carbocycles. The molecule has 2 aromatic rings. The molecule has 0 amide bonds. The van der Waals surface area contributed by atoms with Gasteiger partial charge in [-0.15, -0.1) is 0 Å². The van der Waals surface area contributed by atoms with E-state index in [1.165, 1.54) is 0 Å². The number of aromatic hydroxyl groups is 1. The summed E-state index contributed by atoms with van der Waals surface area (Å²) < 4.78 is 5.16. The molecule has 3 rings (SSSR count). The Hall–Kier alpha value is -2.40. The summed E-state index contributed by atoms with van der Waals surface area (Å²) >= 11 is 0. The molecule has 1 aliphatic rings. The van der Waals surface area contributed by atoms with Crippen LogP contribution in [0.2, 0.25) is 0 Å². The third kappa shape index (κ3) is 4.37. The first-order chi connectivity index (χ1) is 12.2. The highest BCUT2D eigenvalue weighted by molar-refractivity contribution is 5.72. The van der Waals surface area contributed by atoms with Crippen molar-refractivity contribution in [2.24, 2.45) is 5.92 Å². The van der Waals surface area contributed by atoms with Crippen molar-refractivity contribution >= 4 is 5.97 Å². The van der Waals surface area contributed by atoms with Crippen molar-refractivity contribution in [1.82, 2.24) is 9.88 Å². The largest absolute Gasteiger partial charge is 0.508 e. The Morgan fingerprint density at radius 1 is 1.36 bits per heavy atom. The van der Waals surface area contributed by atoms with E-state index in [0.29, 0.717) is 19.7 Å². The second-order valence-electron chi connectivity index (χ2n) is 6.41. The predicted molar refractivity (Wildman–Crippen MR) is 96.0 cm³/mol. The summed E-state index contributed by atoms with van der Waals surface area (Å²) in [5, 5.41) is 10.2. The van der Waals surface area contributed by atoms with E-state index in [0.717, 1.165) is 36.1 Å². The number of carbonyl (C=O) groups excluding carboxylic acids is 1. The zero-order valence-corrected chi connectivity index (χ0v) is 14.5. The average molecular weight is 340 g/mol. The Morgan fingerprint density at radius 3 is 3.00 bits per heavy atom. The number of carbonyl (C=O) groups is 1. The highest BCUT2D eigenvalue weighted by Crippen LogP contribution is 2.28. The van der Waals surface area contributed by atoms with Crippen molar-refractivity contribution in [3.63, 3.8) is 0 Å². The molecule has 0 saturated carbocycles. The SMILES string of the molecule is CCOC(=O)[C@H]1CCCN(Cc2cc(-c3cccnc3)ccc2O)C1. The van der Waals surface area contributed by atoms with Crippen molar-refractivity contribution in [3.05, 3.63) is 48.3 Å². The Balaban J connectivity index is 1.73. The Labute approximate surface area is 148 Å². The number of likely N-dealkylation sites (tertiary alicyclic amines) is 1. The lowest BCUT2D eigenvalue weighted by atomic mass is 9.97. The van der Waals surface area contributed by atoms with Crippen LogP contribution in [0.25, 0.3) is 11.1 Å². The number of piperidine rings is 1. The van der Waals surface area contributed by atoms with E-state index in [4.69, 9.17) is 4.74 Å². The van der Waals surface area contributed by atoms with Gasteiger partial charge < -0.3 is 9.84 Å². The second-order valence-corrected chi connectivity index (χ2v) is 6.41. The lowest BCUT2D eigenvalue weighted by Gasteiger charge is -2.31. The first kappa shape index (κ1) is 17.4. The summed E-state index contributed by atoms with van der Waals surface area (Å²) in [6.07, 6.45) is 5.39. The van der Waals surface area contributed by atoms with E-state index in [1.807, 2.05) is 37.4 Å². The van der Waals surface area contributed by atoms with Crippen LogP contribution in [-0.2, 0) is 16.1 Å². The molecule has 0 spiro atoms. The maximum Gasteiger partial charge on any atom is 0.310 e. The highest BCUT2D eigenvalue weighted by Gasteiger charge is 2.27. The van der Waals surface area contributed by atoms with Crippen molar-refractivity contribution in [2.75, 3.05) is 19.7 Å². The fourth-order valence-electron chi connectivity index (χ4n) is 3.32. The Bertz CT molecular complexity index is 718. The van der Waals surface area contributed by atoms with E-state index in [9.17, 15) is 9.90 Å². The molecule has 5 heteroatoms. The quantitative estimate of drug-likeness (QED) is 0.847. The predicted octanol–water partition coefficient (Wildman–Crippen LogP) is 3.23. The number of phenols is 1. The zero-order chi connectivity index (χ0) is 17.6. The Kier molecular flexibility index (Phi) is 5.66. The number of hydrogen-bond acceptors (Lipinski definition) is 5. The van der Waals surface area contributed by atoms with Crippen molar-refractivity contribution in [3.8, 4) is 16.9 Å². The van der Waals surface area contributed by atoms with Crippen LogP contribution in [-0.4, -0.2) is 40.7 Å². The maximum atomic E-state index is 12.0. The monoisotopic (exact) mass is 340 g/mol. The average Bonchev–Trinajstić information content (AvgIpc) is 2.65. The minimum atomic E-state index is -0.111. The van der Waals surface area contributed by atoms with E-state index in [1.54, 1.807) is 12.3 Å². The third-order valence-corrected chi connectivity index (χ3v) is 4.59. The molecule has 1 fully saturated rings. The van der Waals surface area contributed by atoms with Gasteiger partial charge in [-0.05, 0) is 50.1 Å². The van der Waals surface area contributed by atoms with Gasteiger partial charge in [0, 0.05) is 36.6 Å². The molecule has 2 heterocycles. The van der Waals surface area contributed by atoms with Crippen LogP contribution < -0.4 is 0 Å². The number of nitrogens with zero attached hydrogens (tertiary/aromatic N) is 2. The first-order valence-corrected chi connectivity index (χ1v) is 8.78. The van der Waals surface area contributed by atoms with Gasteiger partial charge in [-0.25, -0.2) is 0 Å². The van der Waals surface area contributed by atoms with Gasteiger partial charge in [0.25, 0.3) is 0 Å². The summed E-state index contributed by atoms with van der Waals surface area (Å²) in [4.78, 5) is 18.4. The molecular weight excluding hydrogens is 316 g/mol. The summed E-state index contributed by atoms with van der Waals surface area (Å²) in [5.41, 5.74) is 2.91. The van der Waals surface area contributed by atoms with E-state index < -0.39 is 0 Å². The summed E-state index contributed by atoms with van der Waals surface area (Å²) in [6.45, 7) is 4.47. The van der Waals surface area contributed by atoms with Gasteiger partial charge in [-0.3, -0.25) is 14.7 Å². The number of esters is 1. The van der Waals surface area contributed by atoms with Crippen LogP contribution in [0.4, 0.5) is 0 Å². The normalized spacial score (nSPS) is 18.0. The molecule has 0 aliphatic carbocycles. The molecule has 1 atom stereocenters. The first-order valence-electron chi connectivity index (χ1n) is 8.78. The van der Waals surface area contributed by atoms with Gasteiger partial charge in [0.15, 0.2) is 0 Å². The van der Waals surface area contributed by atoms with Crippen LogP contribution in [0.1, 0.15) is 25.3 Å². The summed E-state index contributed by atoms with van der Waals surface area (Å²) in [6, 6.07) is 9.52. The number of aromatic nitrogens is 1. The van der Waals surface area contributed by atoms with Crippen LogP contribution in [0, 0.1) is 5.92 Å². The number of pyridine rings is 1. The van der Waals surface area contributed by atoms with Crippen molar-refractivity contribution < 1.29 is 14.6 Å². The molecule has 1 saturated heterocycles. The second kappa shape index (κ2) is 8.12. The Morgan fingerprint density at radius 2 is 2.24 bits per heavy atom. The lowest BCUT2D eigenvalue weighted by Crippen LogP contribution is -2.38. The molecule has 5 nitrogen and oxygen atoms in total. The standard InChI is InChI=1S/C20H24N2O3/c1-2-25-20(24)17-6-4-10-22(13-17)14-18-11-15(7-8-19(18)23)16-5-3-9-21-12-16/h3,5,7-9,11-12,17,23H,2,4,6,10,13-14H2,1H3/t17-/m0/s1. The topological polar surface area (TPSA) is 62.7 Å². The smallest absolute Gasteiger partial charge is 0.310 e. The highest BCUT2D eigenvalue weighted by atomic mass is 16.5. The van der Waals surface area contributed by atoms with Crippen molar-refractivity contribution in [2.45, 2.75) is 26.3 Å². The number of rotatable bonds is 5. The van der Waals surface area contributed by atoms with Gasteiger partial charge in [0.05, 0.1) is 12.5 Å². The van der Waals surface area contributed by atoms with Gasteiger partial charge >= 0.3 is 5.97 Å². The molecule has 1 N–H and O–H groups in total. The van der Waals surface area contributed by atoms with Gasteiger partial charge in [-0.2, -0.15) is 0 Å². The molecule has 25 heavy (non-hydrogen) atoms. The lowest BCUT2D eigenvalue weighted by molar-refractivity contribution is -0.150. The molecule has 1 aliphatic heterocycles. The number of ether oxygens (including phenoxy) is 1. The zero-order valence-electron chi connectivity index (χ0n) is 14.5. The van der Waals surface area contributed by atoms with E-state index in [2.05, 4.69) is 9.88 Å². The maximum absolute atomic E-state index is 12.0. The van der Waals surface area contributed by atoms with Crippen LogP contribution in [0.5, 0.6) is 5.75 Å². The van der Waals surface area contributed by atoms with Crippen LogP contribution >= 0.6 is 0 Å². The van der Waals surface area contributed by atoms with Gasteiger partial charge in [0.2, 0.25) is 0 Å². The van der Waals surface area contributed by atoms with Crippen molar-refractivity contribution in [1.29, 1.82) is 0 Å². The molecule has 0 unspecified atom stereocenters. The molecular formula is C20H24N2O3. The minimum Gasteiger partial charge on any atom is -0.508 e. The van der Waals surface area contributed by atoms with E-state index >= 15 is 0 Å². The van der Waals surface area contributed by atoms with Crippen LogP contribution in [0.15, 0.2) is 42.7 Å². The number of hydrogen-bond donors (Lipinski definition) is 1. The fraction of sp³-hybridized carbons (Fsp3) is 0.400. The number of phenolic OH excluding ortho intramolecular Hbond substituents is 1. The van der Waals surface area contributed by atoms with Gasteiger partial charge in [0.1, 0.15) is 5.75 Å². The molecule has 0 radical (unpaired) electrons. The van der Waals surface area contributed by atoms with Gasteiger partial charge in [-0.1, -0.05) is 12.1 Å². The minimum absolute atomic E-state index is 0.0719. The summed E-state index contributed by atoms with van der Waals surface area (Å²) in [5.74, 6) is 0.101. The van der Waals surface area contributed by atoms with Crippen LogP contribution in [0.3, 0.4) is 0 Å². The molecule has 132 valence electrons. The third-order valence-electron chi connectivity index (χ3n) is 4.59. The molecule has 1 aromatic heterocycles.